The van der Waals surface area contributed by atoms with Gasteiger partial charge >= 0.3 is 0 Å². The van der Waals surface area contributed by atoms with Gasteiger partial charge in [0.15, 0.2) is 0 Å². The van der Waals surface area contributed by atoms with Crippen molar-refractivity contribution in [2.45, 2.75) is 17.7 Å². The Bertz CT molecular complexity index is 639. The molecular formula is C15H16FNO2S. The highest BCUT2D eigenvalue weighted by atomic mass is 32.2. The number of rotatable bonds is 6. The monoisotopic (exact) mass is 293 g/mol. The molecule has 5 heteroatoms. The normalized spacial score (nSPS) is 11.4. The lowest BCUT2D eigenvalue weighted by Gasteiger charge is -2.06. The fourth-order valence-corrected chi connectivity index (χ4v) is 2.93. The average Bonchev–Trinajstić information content (AvgIpc) is 2.46. The summed E-state index contributed by atoms with van der Waals surface area (Å²) in [4.78, 5) is 0.266. The Kier molecular flexibility index (Phi) is 4.87. The van der Waals surface area contributed by atoms with E-state index in [-0.39, 0.29) is 10.7 Å². The molecule has 0 bridgehead atoms. The van der Waals surface area contributed by atoms with Crippen LogP contribution in [0.25, 0.3) is 0 Å². The predicted molar refractivity (Wildman–Crippen MR) is 76.4 cm³/mol. The molecule has 0 spiro atoms. The Morgan fingerprint density at radius 1 is 0.950 bits per heavy atom. The molecule has 0 unspecified atom stereocenters. The van der Waals surface area contributed by atoms with Crippen molar-refractivity contribution in [3.05, 3.63) is 66.0 Å². The average molecular weight is 293 g/mol. The highest BCUT2D eigenvalue weighted by Crippen LogP contribution is 2.08. The van der Waals surface area contributed by atoms with E-state index in [1.807, 2.05) is 0 Å². The number of hydrogen-bond acceptors (Lipinski definition) is 2. The molecule has 0 saturated heterocycles. The van der Waals surface area contributed by atoms with Gasteiger partial charge in [-0.1, -0.05) is 30.3 Å². The zero-order valence-electron chi connectivity index (χ0n) is 10.9. The summed E-state index contributed by atoms with van der Waals surface area (Å²) in [5.74, 6) is -0.265. The van der Waals surface area contributed by atoms with Crippen LogP contribution in [0.2, 0.25) is 0 Å². The largest absolute Gasteiger partial charge is 0.240 e. The minimum atomic E-state index is -3.43. The van der Waals surface area contributed by atoms with Gasteiger partial charge in [-0.3, -0.25) is 0 Å². The first kappa shape index (κ1) is 14.7. The smallest absolute Gasteiger partial charge is 0.211 e. The van der Waals surface area contributed by atoms with Crippen molar-refractivity contribution in [2.24, 2.45) is 0 Å². The second-order valence-corrected chi connectivity index (χ2v) is 6.21. The topological polar surface area (TPSA) is 46.2 Å². The molecule has 0 heterocycles. The van der Waals surface area contributed by atoms with Crippen LogP contribution in [-0.2, 0) is 16.4 Å². The van der Waals surface area contributed by atoms with Crippen LogP contribution >= 0.6 is 0 Å². The first-order valence-electron chi connectivity index (χ1n) is 6.37. The van der Waals surface area contributed by atoms with Crippen molar-refractivity contribution in [3.8, 4) is 0 Å². The lowest BCUT2D eigenvalue weighted by Crippen LogP contribution is -2.25. The van der Waals surface area contributed by atoms with Crippen molar-refractivity contribution < 1.29 is 12.8 Å². The summed E-state index contributed by atoms with van der Waals surface area (Å²) in [6.45, 7) is 0.356. The quantitative estimate of drug-likeness (QED) is 0.832. The van der Waals surface area contributed by atoms with Gasteiger partial charge in [0.25, 0.3) is 0 Å². The van der Waals surface area contributed by atoms with Crippen LogP contribution < -0.4 is 4.72 Å². The minimum Gasteiger partial charge on any atom is -0.211 e. The van der Waals surface area contributed by atoms with E-state index in [2.05, 4.69) is 4.72 Å². The number of benzene rings is 2. The van der Waals surface area contributed by atoms with Crippen molar-refractivity contribution in [2.75, 3.05) is 6.54 Å². The van der Waals surface area contributed by atoms with Gasteiger partial charge in [-0.05, 0) is 42.7 Å². The van der Waals surface area contributed by atoms with Gasteiger partial charge in [0.2, 0.25) is 10.0 Å². The SMILES string of the molecule is O=S(=O)(NCCCc1ccc(F)cc1)c1ccccc1. The fraction of sp³-hybridized carbons (Fsp3) is 0.200. The third-order valence-corrected chi connectivity index (χ3v) is 4.38. The second kappa shape index (κ2) is 6.63. The van der Waals surface area contributed by atoms with Gasteiger partial charge in [0.1, 0.15) is 5.82 Å². The van der Waals surface area contributed by atoms with Gasteiger partial charge in [0, 0.05) is 6.54 Å². The van der Waals surface area contributed by atoms with Crippen LogP contribution in [0.5, 0.6) is 0 Å². The van der Waals surface area contributed by atoms with Gasteiger partial charge in [0.05, 0.1) is 4.90 Å². The molecule has 3 nitrogen and oxygen atoms in total. The summed E-state index contributed by atoms with van der Waals surface area (Å²) in [6.07, 6.45) is 1.37. The van der Waals surface area contributed by atoms with Crippen LogP contribution in [0, 0.1) is 5.82 Å². The molecule has 2 rings (SSSR count). The Hall–Kier alpha value is -1.72. The van der Waals surface area contributed by atoms with Gasteiger partial charge < -0.3 is 0 Å². The number of sulfonamides is 1. The molecule has 2 aromatic rings. The molecule has 0 aliphatic rings. The molecule has 0 amide bonds. The van der Waals surface area contributed by atoms with Gasteiger partial charge in [-0.15, -0.1) is 0 Å². The molecule has 0 atom stereocenters. The van der Waals surface area contributed by atoms with Crippen molar-refractivity contribution in [1.82, 2.24) is 4.72 Å². The molecule has 0 saturated carbocycles. The second-order valence-electron chi connectivity index (χ2n) is 4.44. The highest BCUT2D eigenvalue weighted by molar-refractivity contribution is 7.89. The maximum atomic E-state index is 12.7. The van der Waals surface area contributed by atoms with Crippen LogP contribution in [0.3, 0.4) is 0 Å². The lowest BCUT2D eigenvalue weighted by atomic mass is 10.1. The minimum absolute atomic E-state index is 0.265. The zero-order valence-corrected chi connectivity index (χ0v) is 11.7. The van der Waals surface area contributed by atoms with E-state index in [1.165, 1.54) is 12.1 Å². The standard InChI is InChI=1S/C15H16FNO2S/c16-14-10-8-13(9-11-14)5-4-12-17-20(18,19)15-6-2-1-3-7-15/h1-3,6-11,17H,4-5,12H2. The van der Waals surface area contributed by atoms with E-state index < -0.39 is 10.0 Å². The molecule has 20 heavy (non-hydrogen) atoms. The molecule has 0 aromatic heterocycles. The third-order valence-electron chi connectivity index (χ3n) is 2.90. The van der Waals surface area contributed by atoms with Crippen molar-refractivity contribution in [3.63, 3.8) is 0 Å². The number of halogens is 1. The summed E-state index contributed by atoms with van der Waals surface area (Å²) in [7, 11) is -3.43. The Balaban J connectivity index is 1.83. The number of nitrogens with one attached hydrogen (secondary N) is 1. The first-order chi connectivity index (χ1) is 9.58. The summed E-state index contributed by atoms with van der Waals surface area (Å²) >= 11 is 0. The molecule has 0 radical (unpaired) electrons. The van der Waals surface area contributed by atoms with Gasteiger partial charge in [-0.25, -0.2) is 17.5 Å². The molecule has 106 valence electrons. The zero-order chi connectivity index (χ0) is 14.4. The maximum absolute atomic E-state index is 12.7. The van der Waals surface area contributed by atoms with Crippen molar-refractivity contribution >= 4 is 10.0 Å². The van der Waals surface area contributed by atoms with E-state index in [0.717, 1.165) is 5.56 Å². The Morgan fingerprint density at radius 2 is 1.60 bits per heavy atom. The first-order valence-corrected chi connectivity index (χ1v) is 7.85. The van der Waals surface area contributed by atoms with E-state index in [0.29, 0.717) is 19.4 Å². The molecule has 1 N–H and O–H groups in total. The van der Waals surface area contributed by atoms with Crippen LogP contribution in [0.1, 0.15) is 12.0 Å². The van der Waals surface area contributed by atoms with E-state index >= 15 is 0 Å². The van der Waals surface area contributed by atoms with Crippen LogP contribution in [-0.4, -0.2) is 15.0 Å². The molecule has 0 aliphatic heterocycles. The Labute approximate surface area is 118 Å². The maximum Gasteiger partial charge on any atom is 0.240 e. The number of hydrogen-bond donors (Lipinski definition) is 1. The fourth-order valence-electron chi connectivity index (χ4n) is 1.83. The molecular weight excluding hydrogens is 277 g/mol. The molecule has 0 aliphatic carbocycles. The van der Waals surface area contributed by atoms with E-state index in [4.69, 9.17) is 0 Å². The summed E-state index contributed by atoms with van der Waals surface area (Å²) in [5, 5.41) is 0. The predicted octanol–water partition coefficient (Wildman–Crippen LogP) is 2.74. The molecule has 2 aromatic carbocycles. The van der Waals surface area contributed by atoms with Crippen LogP contribution in [0.15, 0.2) is 59.5 Å². The third kappa shape index (κ3) is 4.15. The highest BCUT2D eigenvalue weighted by Gasteiger charge is 2.11. The van der Waals surface area contributed by atoms with Crippen molar-refractivity contribution in [1.29, 1.82) is 0 Å². The van der Waals surface area contributed by atoms with Gasteiger partial charge in [-0.2, -0.15) is 0 Å². The van der Waals surface area contributed by atoms with E-state index in [9.17, 15) is 12.8 Å². The summed E-state index contributed by atoms with van der Waals surface area (Å²) < 4.78 is 39.1. The summed E-state index contributed by atoms with van der Waals surface area (Å²) in [6, 6.07) is 14.5. The van der Waals surface area contributed by atoms with Crippen LogP contribution in [0.4, 0.5) is 4.39 Å². The number of aryl methyl sites for hydroxylation is 1. The lowest BCUT2D eigenvalue weighted by molar-refractivity contribution is 0.579. The molecule has 0 fully saturated rings. The Morgan fingerprint density at radius 3 is 2.25 bits per heavy atom. The van der Waals surface area contributed by atoms with E-state index in [1.54, 1.807) is 42.5 Å². The summed E-state index contributed by atoms with van der Waals surface area (Å²) in [5.41, 5.74) is 0.991.